The second kappa shape index (κ2) is 6.60. The number of carbonyl (C=O) groups is 2. The van der Waals surface area contributed by atoms with Crippen LogP contribution in [0.1, 0.15) is 44.7 Å². The van der Waals surface area contributed by atoms with Gasteiger partial charge in [-0.05, 0) is 44.6 Å². The van der Waals surface area contributed by atoms with E-state index in [9.17, 15) is 9.59 Å². The van der Waals surface area contributed by atoms with Crippen LogP contribution in [0.2, 0.25) is 0 Å². The van der Waals surface area contributed by atoms with Gasteiger partial charge in [0.25, 0.3) is 0 Å². The van der Waals surface area contributed by atoms with E-state index in [1.54, 1.807) is 4.90 Å². The molecule has 1 aliphatic heterocycles. The summed E-state index contributed by atoms with van der Waals surface area (Å²) in [7, 11) is 0. The highest BCUT2D eigenvalue weighted by Gasteiger charge is 2.51. The lowest BCUT2D eigenvalue weighted by Gasteiger charge is -2.35. The number of hydrogen-bond acceptors (Lipinski definition) is 2. The summed E-state index contributed by atoms with van der Waals surface area (Å²) in [6.07, 6.45) is 3.01. The summed E-state index contributed by atoms with van der Waals surface area (Å²) in [6.45, 7) is 4.47. The van der Waals surface area contributed by atoms with Gasteiger partial charge in [-0.25, -0.2) is 4.79 Å². The van der Waals surface area contributed by atoms with E-state index in [0.29, 0.717) is 12.5 Å². The molecule has 124 valence electrons. The van der Waals surface area contributed by atoms with Gasteiger partial charge in [0, 0.05) is 12.6 Å². The van der Waals surface area contributed by atoms with Gasteiger partial charge in [-0.1, -0.05) is 30.3 Å². The number of nitrogens with zero attached hydrogens (tertiary/aromatic N) is 1. The summed E-state index contributed by atoms with van der Waals surface area (Å²) in [5, 5.41) is 5.94. The minimum atomic E-state index is -0.327. The standard InChI is InChI=1S/C18H25N3O2/c1-3-19-18(23)21-15-10-9-14(11-15)16(21)17(22)20-12(2)13-7-5-4-6-8-13/h4-8,12,14-16H,3,9-11H2,1-2H3,(H,19,23)(H,20,22)/t12-,14-,15-,16+/m0/s1. The monoisotopic (exact) mass is 315 g/mol. The molecule has 5 nitrogen and oxygen atoms in total. The molecule has 1 aromatic rings. The predicted octanol–water partition coefficient (Wildman–Crippen LogP) is 2.45. The van der Waals surface area contributed by atoms with E-state index in [1.165, 1.54) is 0 Å². The Morgan fingerprint density at radius 3 is 2.70 bits per heavy atom. The molecule has 2 bridgehead atoms. The van der Waals surface area contributed by atoms with Gasteiger partial charge >= 0.3 is 6.03 Å². The minimum absolute atomic E-state index is 0.0280. The Balaban J connectivity index is 1.71. The second-order valence-corrected chi connectivity index (χ2v) is 6.56. The minimum Gasteiger partial charge on any atom is -0.348 e. The molecule has 1 saturated carbocycles. The van der Waals surface area contributed by atoms with Gasteiger partial charge < -0.3 is 15.5 Å². The Bertz CT molecular complexity index is 575. The van der Waals surface area contributed by atoms with E-state index in [4.69, 9.17) is 0 Å². The van der Waals surface area contributed by atoms with E-state index >= 15 is 0 Å². The van der Waals surface area contributed by atoms with Crippen molar-refractivity contribution in [3.63, 3.8) is 0 Å². The predicted molar refractivity (Wildman–Crippen MR) is 88.8 cm³/mol. The smallest absolute Gasteiger partial charge is 0.318 e. The Morgan fingerprint density at radius 2 is 2.00 bits per heavy atom. The first-order chi connectivity index (χ1) is 11.1. The van der Waals surface area contributed by atoms with Crippen LogP contribution in [0.15, 0.2) is 30.3 Å². The third kappa shape index (κ3) is 3.05. The molecule has 3 rings (SSSR count). The van der Waals surface area contributed by atoms with Crippen LogP contribution >= 0.6 is 0 Å². The highest BCUT2D eigenvalue weighted by molar-refractivity contribution is 5.88. The third-order valence-electron chi connectivity index (χ3n) is 5.07. The lowest BCUT2D eigenvalue weighted by molar-refractivity contribution is -0.127. The van der Waals surface area contributed by atoms with E-state index in [1.807, 2.05) is 44.2 Å². The van der Waals surface area contributed by atoms with Crippen molar-refractivity contribution in [2.75, 3.05) is 6.54 Å². The van der Waals surface area contributed by atoms with E-state index in [-0.39, 0.29) is 30.1 Å². The van der Waals surface area contributed by atoms with Gasteiger partial charge in [0.2, 0.25) is 5.91 Å². The van der Waals surface area contributed by atoms with E-state index in [0.717, 1.165) is 24.8 Å². The van der Waals surface area contributed by atoms with Crippen LogP contribution in [0.5, 0.6) is 0 Å². The van der Waals surface area contributed by atoms with Gasteiger partial charge in [0.15, 0.2) is 0 Å². The molecule has 23 heavy (non-hydrogen) atoms. The van der Waals surface area contributed by atoms with Crippen LogP contribution in [0.25, 0.3) is 0 Å². The first-order valence-electron chi connectivity index (χ1n) is 8.53. The summed E-state index contributed by atoms with van der Waals surface area (Å²) < 4.78 is 0. The molecule has 3 amide bonds. The largest absolute Gasteiger partial charge is 0.348 e. The molecule has 4 atom stereocenters. The van der Waals surface area contributed by atoms with Crippen LogP contribution in [0, 0.1) is 5.92 Å². The molecule has 1 saturated heterocycles. The molecule has 1 aliphatic carbocycles. The van der Waals surface area contributed by atoms with Crippen LogP contribution < -0.4 is 10.6 Å². The fraction of sp³-hybridized carbons (Fsp3) is 0.556. The molecule has 1 heterocycles. The molecule has 0 spiro atoms. The van der Waals surface area contributed by atoms with Crippen molar-refractivity contribution in [1.29, 1.82) is 0 Å². The number of benzene rings is 1. The summed E-state index contributed by atoms with van der Waals surface area (Å²) in [6, 6.07) is 9.64. The number of fused-ring (bicyclic) bond motifs is 2. The maximum absolute atomic E-state index is 12.8. The molecule has 2 fully saturated rings. The molecule has 5 heteroatoms. The average molecular weight is 315 g/mol. The number of hydrogen-bond donors (Lipinski definition) is 2. The maximum Gasteiger partial charge on any atom is 0.318 e. The van der Waals surface area contributed by atoms with E-state index in [2.05, 4.69) is 10.6 Å². The maximum atomic E-state index is 12.8. The van der Waals surface area contributed by atoms with Crippen molar-refractivity contribution < 1.29 is 9.59 Å². The highest BCUT2D eigenvalue weighted by atomic mass is 16.2. The van der Waals surface area contributed by atoms with Crippen LogP contribution in [-0.4, -0.2) is 35.5 Å². The number of rotatable bonds is 4. The van der Waals surface area contributed by atoms with Gasteiger partial charge in [-0.15, -0.1) is 0 Å². The Hall–Kier alpha value is -2.04. The molecule has 0 aromatic heterocycles. The van der Waals surface area contributed by atoms with Crippen molar-refractivity contribution in [3.05, 3.63) is 35.9 Å². The van der Waals surface area contributed by atoms with Crippen LogP contribution in [0.4, 0.5) is 4.79 Å². The van der Waals surface area contributed by atoms with E-state index < -0.39 is 0 Å². The molecule has 0 radical (unpaired) electrons. The highest BCUT2D eigenvalue weighted by Crippen LogP contribution is 2.42. The summed E-state index contributed by atoms with van der Waals surface area (Å²) in [5.74, 6) is 0.269. The van der Waals surface area contributed by atoms with Gasteiger partial charge in [0.05, 0.1) is 6.04 Å². The van der Waals surface area contributed by atoms with Crippen molar-refractivity contribution in [2.24, 2.45) is 5.92 Å². The van der Waals surface area contributed by atoms with Crippen molar-refractivity contribution in [3.8, 4) is 0 Å². The third-order valence-corrected chi connectivity index (χ3v) is 5.07. The quantitative estimate of drug-likeness (QED) is 0.896. The summed E-state index contributed by atoms with van der Waals surface area (Å²) >= 11 is 0. The molecule has 2 N–H and O–H groups in total. The first-order valence-corrected chi connectivity index (χ1v) is 8.53. The Morgan fingerprint density at radius 1 is 1.26 bits per heavy atom. The van der Waals surface area contributed by atoms with Crippen LogP contribution in [0.3, 0.4) is 0 Å². The zero-order valence-corrected chi connectivity index (χ0v) is 13.8. The number of nitrogens with one attached hydrogen (secondary N) is 2. The van der Waals surface area contributed by atoms with Crippen molar-refractivity contribution in [2.45, 2.75) is 51.2 Å². The SMILES string of the molecule is CCNC(=O)N1[C@H]2CC[C@@H](C2)[C@@H]1C(=O)N[C@@H](C)c1ccccc1. The average Bonchev–Trinajstić information content (AvgIpc) is 3.16. The number of likely N-dealkylation sites (tertiary alicyclic amines) is 1. The number of piperidine rings is 1. The van der Waals surface area contributed by atoms with Crippen molar-refractivity contribution in [1.82, 2.24) is 15.5 Å². The molecule has 2 aliphatic rings. The van der Waals surface area contributed by atoms with Gasteiger partial charge in [0.1, 0.15) is 6.04 Å². The Labute approximate surface area is 137 Å². The van der Waals surface area contributed by atoms with Gasteiger partial charge in [-0.3, -0.25) is 4.79 Å². The van der Waals surface area contributed by atoms with Crippen molar-refractivity contribution >= 4 is 11.9 Å². The van der Waals surface area contributed by atoms with Crippen LogP contribution in [-0.2, 0) is 4.79 Å². The first kappa shape index (κ1) is 15.8. The fourth-order valence-corrected chi connectivity index (χ4v) is 3.98. The Kier molecular flexibility index (Phi) is 4.55. The lowest BCUT2D eigenvalue weighted by Crippen LogP contribution is -2.55. The topological polar surface area (TPSA) is 61.4 Å². The molecular formula is C18H25N3O2. The number of amides is 3. The summed E-state index contributed by atoms with van der Waals surface area (Å²) in [4.78, 5) is 26.9. The molecule has 1 aromatic carbocycles. The molecule has 0 unspecified atom stereocenters. The summed E-state index contributed by atoms with van der Waals surface area (Å²) in [5.41, 5.74) is 1.08. The molecular weight excluding hydrogens is 290 g/mol. The zero-order chi connectivity index (χ0) is 16.4. The lowest BCUT2D eigenvalue weighted by atomic mass is 9.97. The number of urea groups is 1. The van der Waals surface area contributed by atoms with Gasteiger partial charge in [-0.2, -0.15) is 0 Å². The number of carbonyl (C=O) groups excluding carboxylic acids is 2. The fourth-order valence-electron chi connectivity index (χ4n) is 3.98. The second-order valence-electron chi connectivity index (χ2n) is 6.56. The zero-order valence-electron chi connectivity index (χ0n) is 13.8. The normalized spacial score (nSPS) is 26.9.